The van der Waals surface area contributed by atoms with Crippen molar-refractivity contribution in [1.82, 2.24) is 9.97 Å². The number of imidazole rings is 1. The first-order valence-electron chi connectivity index (χ1n) is 5.47. The molecule has 84 valence electrons. The van der Waals surface area contributed by atoms with Gasteiger partial charge in [0, 0.05) is 0 Å². The predicted octanol–water partition coefficient (Wildman–Crippen LogP) is 3.11. The summed E-state index contributed by atoms with van der Waals surface area (Å²) < 4.78 is 5.61. The van der Waals surface area contributed by atoms with Gasteiger partial charge in [-0.2, -0.15) is 0 Å². The summed E-state index contributed by atoms with van der Waals surface area (Å²) in [5.74, 6) is 1.46. The van der Waals surface area contributed by atoms with Gasteiger partial charge in [-0.05, 0) is 35.7 Å². The zero-order valence-electron chi connectivity index (χ0n) is 9.60. The lowest BCUT2D eigenvalue weighted by molar-refractivity contribution is 0.271. The third-order valence-corrected chi connectivity index (χ3v) is 2.25. The standard InChI is InChI=1S/C13H16N2O/c1-10(2)8-16-12-5-3-11(4-6-12)13-7-14-9-15-13/h3-7,9-10H,8H2,1-2H3,(H,14,15). The van der Waals surface area contributed by atoms with Crippen LogP contribution in [0.5, 0.6) is 5.75 Å². The molecule has 1 N–H and O–H groups in total. The average Bonchev–Trinajstić information content (AvgIpc) is 2.80. The molecule has 0 fully saturated rings. The van der Waals surface area contributed by atoms with E-state index in [1.54, 1.807) is 6.33 Å². The highest BCUT2D eigenvalue weighted by atomic mass is 16.5. The van der Waals surface area contributed by atoms with E-state index in [0.29, 0.717) is 5.92 Å². The van der Waals surface area contributed by atoms with E-state index in [1.807, 2.05) is 30.5 Å². The zero-order chi connectivity index (χ0) is 11.4. The molecule has 16 heavy (non-hydrogen) atoms. The van der Waals surface area contributed by atoms with Gasteiger partial charge >= 0.3 is 0 Å². The molecule has 1 aromatic carbocycles. The molecular formula is C13H16N2O. The lowest BCUT2D eigenvalue weighted by Gasteiger charge is -2.08. The van der Waals surface area contributed by atoms with Crippen LogP contribution in [-0.4, -0.2) is 16.6 Å². The number of benzene rings is 1. The van der Waals surface area contributed by atoms with E-state index in [0.717, 1.165) is 23.6 Å². The van der Waals surface area contributed by atoms with E-state index in [-0.39, 0.29) is 0 Å². The van der Waals surface area contributed by atoms with Crippen LogP contribution < -0.4 is 4.74 Å². The molecule has 1 aromatic heterocycles. The van der Waals surface area contributed by atoms with Crippen molar-refractivity contribution in [3.63, 3.8) is 0 Å². The maximum atomic E-state index is 5.61. The summed E-state index contributed by atoms with van der Waals surface area (Å²) in [7, 11) is 0. The van der Waals surface area contributed by atoms with Crippen molar-refractivity contribution in [3.05, 3.63) is 36.8 Å². The van der Waals surface area contributed by atoms with Gasteiger partial charge in [0.05, 0.1) is 24.8 Å². The molecule has 3 nitrogen and oxygen atoms in total. The van der Waals surface area contributed by atoms with E-state index in [1.165, 1.54) is 0 Å². The van der Waals surface area contributed by atoms with Crippen LogP contribution in [0.2, 0.25) is 0 Å². The van der Waals surface area contributed by atoms with Gasteiger partial charge in [0.2, 0.25) is 0 Å². The van der Waals surface area contributed by atoms with Gasteiger partial charge < -0.3 is 9.72 Å². The molecule has 3 heteroatoms. The van der Waals surface area contributed by atoms with E-state index in [4.69, 9.17) is 4.74 Å². The summed E-state index contributed by atoms with van der Waals surface area (Å²) in [6.45, 7) is 5.03. The smallest absolute Gasteiger partial charge is 0.119 e. The Kier molecular flexibility index (Phi) is 3.25. The Morgan fingerprint density at radius 3 is 2.56 bits per heavy atom. The van der Waals surface area contributed by atoms with Gasteiger partial charge in [0.15, 0.2) is 0 Å². The number of nitrogens with zero attached hydrogens (tertiary/aromatic N) is 1. The molecule has 0 radical (unpaired) electrons. The molecule has 0 aliphatic carbocycles. The summed E-state index contributed by atoms with van der Waals surface area (Å²) in [5.41, 5.74) is 2.14. The second-order valence-corrected chi connectivity index (χ2v) is 4.19. The maximum absolute atomic E-state index is 5.61. The number of aromatic amines is 1. The first-order valence-corrected chi connectivity index (χ1v) is 5.47. The highest BCUT2D eigenvalue weighted by Crippen LogP contribution is 2.20. The first-order chi connectivity index (χ1) is 7.75. The third-order valence-electron chi connectivity index (χ3n) is 2.25. The summed E-state index contributed by atoms with van der Waals surface area (Å²) in [4.78, 5) is 7.06. The van der Waals surface area contributed by atoms with Crippen molar-refractivity contribution >= 4 is 0 Å². The number of hydrogen-bond acceptors (Lipinski definition) is 2. The van der Waals surface area contributed by atoms with Crippen molar-refractivity contribution in [1.29, 1.82) is 0 Å². The SMILES string of the molecule is CC(C)COc1ccc(-c2cnc[nH]2)cc1. The van der Waals surface area contributed by atoms with Crippen LogP contribution >= 0.6 is 0 Å². The Balaban J connectivity index is 2.05. The molecule has 0 saturated carbocycles. The molecule has 2 aromatic rings. The van der Waals surface area contributed by atoms with Crippen molar-refractivity contribution < 1.29 is 4.74 Å². The second kappa shape index (κ2) is 4.84. The molecule has 2 rings (SSSR count). The molecule has 0 saturated heterocycles. The van der Waals surface area contributed by atoms with Gasteiger partial charge in [0.25, 0.3) is 0 Å². The molecule has 0 aliphatic heterocycles. The summed E-state index contributed by atoms with van der Waals surface area (Å²) >= 11 is 0. The van der Waals surface area contributed by atoms with Crippen LogP contribution in [0, 0.1) is 5.92 Å². The van der Waals surface area contributed by atoms with Gasteiger partial charge in [-0.3, -0.25) is 0 Å². The Morgan fingerprint density at radius 2 is 2.00 bits per heavy atom. The molecule has 0 aliphatic rings. The summed E-state index contributed by atoms with van der Waals surface area (Å²) in [5, 5.41) is 0. The molecule has 1 heterocycles. The fourth-order valence-electron chi connectivity index (χ4n) is 1.41. The Hall–Kier alpha value is -1.77. The zero-order valence-corrected chi connectivity index (χ0v) is 9.60. The predicted molar refractivity (Wildman–Crippen MR) is 64.4 cm³/mol. The second-order valence-electron chi connectivity index (χ2n) is 4.19. The topological polar surface area (TPSA) is 37.9 Å². The van der Waals surface area contributed by atoms with Gasteiger partial charge in [-0.1, -0.05) is 13.8 Å². The summed E-state index contributed by atoms with van der Waals surface area (Å²) in [6, 6.07) is 8.03. The Morgan fingerprint density at radius 1 is 1.25 bits per heavy atom. The largest absolute Gasteiger partial charge is 0.493 e. The first kappa shape index (κ1) is 10.7. The fourth-order valence-corrected chi connectivity index (χ4v) is 1.41. The number of nitrogens with one attached hydrogen (secondary N) is 1. The van der Waals surface area contributed by atoms with Crippen LogP contribution in [0.25, 0.3) is 11.3 Å². The van der Waals surface area contributed by atoms with E-state index in [2.05, 4.69) is 23.8 Å². The van der Waals surface area contributed by atoms with Crippen LogP contribution in [0.1, 0.15) is 13.8 Å². The molecule has 0 atom stereocenters. The minimum atomic E-state index is 0.548. The molecule has 0 unspecified atom stereocenters. The van der Waals surface area contributed by atoms with Crippen LogP contribution in [-0.2, 0) is 0 Å². The number of ether oxygens (including phenoxy) is 1. The van der Waals surface area contributed by atoms with Crippen molar-refractivity contribution in [2.45, 2.75) is 13.8 Å². The monoisotopic (exact) mass is 216 g/mol. The van der Waals surface area contributed by atoms with Crippen LogP contribution in [0.3, 0.4) is 0 Å². The molecular weight excluding hydrogens is 200 g/mol. The lowest BCUT2D eigenvalue weighted by atomic mass is 10.1. The summed E-state index contributed by atoms with van der Waals surface area (Å²) in [6.07, 6.45) is 3.49. The molecule has 0 amide bonds. The fraction of sp³-hybridized carbons (Fsp3) is 0.308. The van der Waals surface area contributed by atoms with E-state index < -0.39 is 0 Å². The van der Waals surface area contributed by atoms with Gasteiger partial charge in [-0.25, -0.2) is 4.98 Å². The van der Waals surface area contributed by atoms with E-state index >= 15 is 0 Å². The highest BCUT2D eigenvalue weighted by Gasteiger charge is 2.00. The highest BCUT2D eigenvalue weighted by molar-refractivity contribution is 5.58. The molecule has 0 bridgehead atoms. The normalized spacial score (nSPS) is 10.7. The molecule has 0 spiro atoms. The number of H-pyrrole nitrogens is 1. The Bertz CT molecular complexity index is 418. The number of aromatic nitrogens is 2. The number of hydrogen-bond donors (Lipinski definition) is 1. The van der Waals surface area contributed by atoms with Crippen molar-refractivity contribution in [2.24, 2.45) is 5.92 Å². The maximum Gasteiger partial charge on any atom is 0.119 e. The van der Waals surface area contributed by atoms with Crippen LogP contribution in [0.15, 0.2) is 36.8 Å². The number of rotatable bonds is 4. The van der Waals surface area contributed by atoms with E-state index in [9.17, 15) is 0 Å². The van der Waals surface area contributed by atoms with Gasteiger partial charge in [0.1, 0.15) is 5.75 Å². The van der Waals surface area contributed by atoms with Crippen molar-refractivity contribution in [3.8, 4) is 17.0 Å². The third kappa shape index (κ3) is 2.63. The average molecular weight is 216 g/mol. The minimum Gasteiger partial charge on any atom is -0.493 e. The van der Waals surface area contributed by atoms with Gasteiger partial charge in [-0.15, -0.1) is 0 Å². The van der Waals surface area contributed by atoms with Crippen LogP contribution in [0.4, 0.5) is 0 Å². The van der Waals surface area contributed by atoms with Crippen molar-refractivity contribution in [2.75, 3.05) is 6.61 Å². The quantitative estimate of drug-likeness (QED) is 0.852. The lowest BCUT2D eigenvalue weighted by Crippen LogP contribution is -2.04. The Labute approximate surface area is 95.5 Å². The minimum absolute atomic E-state index is 0.548.